The molecule has 1 amide bonds. The first-order valence-electron chi connectivity index (χ1n) is 5.98. The standard InChI is InChI=1S/C13H20N2O3/c1-3-10(9-16)15-13(17)8-14-11-6-4-5-7-12(11)18-2/h4-7,10,14,16H,3,8-9H2,1-2H3,(H,15,17). The SMILES string of the molecule is CCC(CO)NC(=O)CNc1ccccc1OC. The topological polar surface area (TPSA) is 70.6 Å². The number of para-hydroxylation sites is 2. The number of amides is 1. The van der Waals surface area contributed by atoms with Crippen molar-refractivity contribution in [2.75, 3.05) is 25.6 Å². The summed E-state index contributed by atoms with van der Waals surface area (Å²) >= 11 is 0. The second kappa shape index (κ2) is 7.55. The van der Waals surface area contributed by atoms with E-state index in [9.17, 15) is 4.79 Å². The number of carbonyl (C=O) groups is 1. The van der Waals surface area contributed by atoms with Crippen molar-refractivity contribution >= 4 is 11.6 Å². The van der Waals surface area contributed by atoms with E-state index in [0.29, 0.717) is 12.2 Å². The lowest BCUT2D eigenvalue weighted by molar-refractivity contribution is -0.120. The molecule has 0 saturated carbocycles. The number of anilines is 1. The monoisotopic (exact) mass is 252 g/mol. The van der Waals surface area contributed by atoms with Crippen LogP contribution in [0.15, 0.2) is 24.3 Å². The number of aliphatic hydroxyl groups excluding tert-OH is 1. The van der Waals surface area contributed by atoms with Gasteiger partial charge in [-0.15, -0.1) is 0 Å². The van der Waals surface area contributed by atoms with Crippen LogP contribution in [0.1, 0.15) is 13.3 Å². The summed E-state index contributed by atoms with van der Waals surface area (Å²) < 4.78 is 5.17. The van der Waals surface area contributed by atoms with Crippen molar-refractivity contribution in [3.8, 4) is 5.75 Å². The first-order valence-corrected chi connectivity index (χ1v) is 5.98. The molecular weight excluding hydrogens is 232 g/mol. The van der Waals surface area contributed by atoms with Gasteiger partial charge >= 0.3 is 0 Å². The molecule has 3 N–H and O–H groups in total. The Morgan fingerprint density at radius 3 is 2.78 bits per heavy atom. The van der Waals surface area contributed by atoms with Crippen LogP contribution in [0.4, 0.5) is 5.69 Å². The van der Waals surface area contributed by atoms with Crippen LogP contribution >= 0.6 is 0 Å². The van der Waals surface area contributed by atoms with E-state index >= 15 is 0 Å². The molecule has 18 heavy (non-hydrogen) atoms. The maximum Gasteiger partial charge on any atom is 0.239 e. The second-order valence-electron chi connectivity index (χ2n) is 3.91. The zero-order valence-electron chi connectivity index (χ0n) is 10.8. The van der Waals surface area contributed by atoms with Gasteiger partial charge in [0.2, 0.25) is 5.91 Å². The van der Waals surface area contributed by atoms with Gasteiger partial charge in [-0.2, -0.15) is 0 Å². The highest BCUT2D eigenvalue weighted by Crippen LogP contribution is 2.22. The molecule has 0 radical (unpaired) electrons. The summed E-state index contributed by atoms with van der Waals surface area (Å²) in [5.74, 6) is 0.543. The van der Waals surface area contributed by atoms with E-state index in [-0.39, 0.29) is 25.1 Å². The van der Waals surface area contributed by atoms with Crippen LogP contribution in [0.3, 0.4) is 0 Å². The van der Waals surface area contributed by atoms with Crippen LogP contribution < -0.4 is 15.4 Å². The van der Waals surface area contributed by atoms with Gasteiger partial charge < -0.3 is 20.5 Å². The number of hydrogen-bond donors (Lipinski definition) is 3. The zero-order chi connectivity index (χ0) is 13.4. The minimum absolute atomic E-state index is 0.0447. The Bertz CT molecular complexity index is 378. The summed E-state index contributed by atoms with van der Waals surface area (Å²) in [6.07, 6.45) is 0.705. The lowest BCUT2D eigenvalue weighted by Crippen LogP contribution is -2.40. The highest BCUT2D eigenvalue weighted by Gasteiger charge is 2.09. The van der Waals surface area contributed by atoms with Gasteiger partial charge in [0.15, 0.2) is 0 Å². The molecule has 1 rings (SSSR count). The van der Waals surface area contributed by atoms with E-state index in [2.05, 4.69) is 10.6 Å². The Morgan fingerprint density at radius 1 is 1.44 bits per heavy atom. The molecule has 0 bridgehead atoms. The van der Waals surface area contributed by atoms with Crippen LogP contribution in [-0.4, -0.2) is 37.3 Å². The normalized spacial score (nSPS) is 11.7. The van der Waals surface area contributed by atoms with Crippen LogP contribution in [0.2, 0.25) is 0 Å². The molecule has 5 heteroatoms. The van der Waals surface area contributed by atoms with Gasteiger partial charge in [-0.25, -0.2) is 0 Å². The Labute approximate surface area is 107 Å². The average Bonchev–Trinajstić information content (AvgIpc) is 2.42. The number of rotatable bonds is 7. The van der Waals surface area contributed by atoms with Crippen molar-refractivity contribution in [3.05, 3.63) is 24.3 Å². The molecule has 0 spiro atoms. The fourth-order valence-corrected chi connectivity index (χ4v) is 1.52. The Morgan fingerprint density at radius 2 is 2.17 bits per heavy atom. The summed E-state index contributed by atoms with van der Waals surface area (Å²) in [6.45, 7) is 2.02. The van der Waals surface area contributed by atoms with Crippen LogP contribution in [-0.2, 0) is 4.79 Å². The molecule has 0 heterocycles. The van der Waals surface area contributed by atoms with E-state index in [1.807, 2.05) is 31.2 Å². The lowest BCUT2D eigenvalue weighted by atomic mass is 10.2. The Hall–Kier alpha value is -1.75. The van der Waals surface area contributed by atoms with Gasteiger partial charge in [-0.3, -0.25) is 4.79 Å². The van der Waals surface area contributed by atoms with Crippen molar-refractivity contribution < 1.29 is 14.6 Å². The molecule has 100 valence electrons. The fraction of sp³-hybridized carbons (Fsp3) is 0.462. The number of hydrogen-bond acceptors (Lipinski definition) is 4. The van der Waals surface area contributed by atoms with E-state index in [4.69, 9.17) is 9.84 Å². The summed E-state index contributed by atoms with van der Waals surface area (Å²) in [4.78, 5) is 11.6. The molecule has 0 fully saturated rings. The number of aliphatic hydroxyl groups is 1. The van der Waals surface area contributed by atoms with Gasteiger partial charge in [0.25, 0.3) is 0 Å². The Kier molecular flexibility index (Phi) is 6.00. The first kappa shape index (κ1) is 14.3. The van der Waals surface area contributed by atoms with E-state index in [1.54, 1.807) is 7.11 Å². The number of carbonyl (C=O) groups excluding carboxylic acids is 1. The van der Waals surface area contributed by atoms with Gasteiger partial charge in [0.1, 0.15) is 5.75 Å². The van der Waals surface area contributed by atoms with E-state index in [1.165, 1.54) is 0 Å². The van der Waals surface area contributed by atoms with Crippen LogP contribution in [0, 0.1) is 0 Å². The highest BCUT2D eigenvalue weighted by molar-refractivity contribution is 5.81. The molecule has 1 atom stereocenters. The predicted molar refractivity (Wildman–Crippen MR) is 70.8 cm³/mol. The maximum absolute atomic E-state index is 11.6. The third kappa shape index (κ3) is 4.25. The number of methoxy groups -OCH3 is 1. The summed E-state index contributed by atoms with van der Waals surface area (Å²) in [6, 6.07) is 7.21. The van der Waals surface area contributed by atoms with Gasteiger partial charge in [-0.05, 0) is 18.6 Å². The van der Waals surface area contributed by atoms with E-state index < -0.39 is 0 Å². The second-order valence-corrected chi connectivity index (χ2v) is 3.91. The summed E-state index contributed by atoms with van der Waals surface area (Å²) in [5, 5.41) is 14.7. The Balaban J connectivity index is 2.47. The molecule has 1 unspecified atom stereocenters. The van der Waals surface area contributed by atoms with Crippen molar-refractivity contribution in [1.82, 2.24) is 5.32 Å². The van der Waals surface area contributed by atoms with Crippen molar-refractivity contribution in [2.45, 2.75) is 19.4 Å². The molecule has 0 aliphatic carbocycles. The van der Waals surface area contributed by atoms with Crippen LogP contribution in [0.5, 0.6) is 5.75 Å². The minimum atomic E-state index is -0.183. The molecule has 0 saturated heterocycles. The summed E-state index contributed by atoms with van der Waals surface area (Å²) in [5.41, 5.74) is 0.771. The molecular formula is C13H20N2O3. The molecule has 5 nitrogen and oxygen atoms in total. The molecule has 0 aliphatic heterocycles. The zero-order valence-corrected chi connectivity index (χ0v) is 10.8. The third-order valence-electron chi connectivity index (χ3n) is 2.62. The fourth-order valence-electron chi connectivity index (χ4n) is 1.52. The quantitative estimate of drug-likeness (QED) is 0.677. The first-order chi connectivity index (χ1) is 8.71. The van der Waals surface area contributed by atoms with Crippen molar-refractivity contribution in [2.24, 2.45) is 0 Å². The van der Waals surface area contributed by atoms with Crippen LogP contribution in [0.25, 0.3) is 0 Å². The van der Waals surface area contributed by atoms with Crippen molar-refractivity contribution in [3.63, 3.8) is 0 Å². The van der Waals surface area contributed by atoms with Crippen molar-refractivity contribution in [1.29, 1.82) is 0 Å². The highest BCUT2D eigenvalue weighted by atomic mass is 16.5. The van der Waals surface area contributed by atoms with E-state index in [0.717, 1.165) is 5.69 Å². The summed E-state index contributed by atoms with van der Waals surface area (Å²) in [7, 11) is 1.58. The largest absolute Gasteiger partial charge is 0.495 e. The smallest absolute Gasteiger partial charge is 0.239 e. The number of nitrogens with one attached hydrogen (secondary N) is 2. The number of benzene rings is 1. The van der Waals surface area contributed by atoms with Gasteiger partial charge in [0.05, 0.1) is 32.0 Å². The predicted octanol–water partition coefficient (Wildman–Crippen LogP) is 0.994. The van der Waals surface area contributed by atoms with Gasteiger partial charge in [-0.1, -0.05) is 19.1 Å². The average molecular weight is 252 g/mol. The third-order valence-corrected chi connectivity index (χ3v) is 2.62. The lowest BCUT2D eigenvalue weighted by Gasteiger charge is -2.15. The minimum Gasteiger partial charge on any atom is -0.495 e. The molecule has 0 aliphatic rings. The molecule has 1 aromatic rings. The number of ether oxygens (including phenoxy) is 1. The van der Waals surface area contributed by atoms with Gasteiger partial charge in [0, 0.05) is 0 Å². The molecule has 0 aromatic heterocycles. The molecule has 1 aromatic carbocycles. The maximum atomic E-state index is 11.6.